The largest absolute Gasteiger partial charge is 0.478 e. The molecule has 0 saturated carbocycles. The van der Waals surface area contributed by atoms with Crippen molar-refractivity contribution in [2.45, 2.75) is 13.0 Å². The Kier molecular flexibility index (Phi) is 4.09. The van der Waals surface area contributed by atoms with Crippen LogP contribution in [0.3, 0.4) is 0 Å². The quantitative estimate of drug-likeness (QED) is 0.550. The predicted octanol–water partition coefficient (Wildman–Crippen LogP) is 1.08. The van der Waals surface area contributed by atoms with Gasteiger partial charge in [-0.15, -0.1) is 0 Å². The van der Waals surface area contributed by atoms with Gasteiger partial charge in [0.25, 0.3) is 0 Å². The number of carboxylic acids is 1. The van der Waals surface area contributed by atoms with E-state index in [4.69, 9.17) is 10.8 Å². The van der Waals surface area contributed by atoms with Crippen LogP contribution in [-0.2, 0) is 9.53 Å². The van der Waals surface area contributed by atoms with E-state index in [2.05, 4.69) is 10.1 Å². The molecule has 4 N–H and O–H groups in total. The van der Waals surface area contributed by atoms with Crippen molar-refractivity contribution in [1.82, 2.24) is 0 Å². The van der Waals surface area contributed by atoms with Gasteiger partial charge in [0.2, 0.25) is 0 Å². The van der Waals surface area contributed by atoms with Gasteiger partial charge in [0.05, 0.1) is 24.0 Å². The average molecular weight is 256 g/mol. The smallest absolute Gasteiger partial charge is 0.338 e. The highest BCUT2D eigenvalue weighted by Crippen LogP contribution is 2.23. The summed E-state index contributed by atoms with van der Waals surface area (Å²) < 4.78 is 17.9. The Hall–Kier alpha value is -2.31. The third-order valence-corrected chi connectivity index (χ3v) is 2.30. The molecule has 0 amide bonds. The molecule has 1 unspecified atom stereocenters. The summed E-state index contributed by atoms with van der Waals surface area (Å²) in [6, 6.07) is 1.19. The van der Waals surface area contributed by atoms with E-state index in [1.54, 1.807) is 0 Å². The van der Waals surface area contributed by atoms with Crippen LogP contribution in [0.1, 0.15) is 17.3 Å². The first-order valence-corrected chi connectivity index (χ1v) is 5.03. The molecule has 0 bridgehead atoms. The molecule has 18 heavy (non-hydrogen) atoms. The van der Waals surface area contributed by atoms with Gasteiger partial charge >= 0.3 is 11.9 Å². The van der Waals surface area contributed by atoms with E-state index in [9.17, 15) is 14.0 Å². The Balaban J connectivity index is 3.02. The molecule has 0 fully saturated rings. The number of nitrogens with two attached hydrogens (primary N) is 1. The molecule has 0 aliphatic carbocycles. The van der Waals surface area contributed by atoms with E-state index in [0.29, 0.717) is 0 Å². The highest BCUT2D eigenvalue weighted by molar-refractivity contribution is 5.91. The molecular formula is C11H13FN2O4. The molecule has 0 saturated heterocycles. The normalized spacial score (nSPS) is 11.7. The van der Waals surface area contributed by atoms with Crippen molar-refractivity contribution in [3.63, 3.8) is 0 Å². The number of nitrogen functional groups attached to an aromatic ring is 1. The molecule has 0 heterocycles. The molecule has 0 spiro atoms. The second-order valence-electron chi connectivity index (χ2n) is 3.61. The number of hydrogen-bond donors (Lipinski definition) is 3. The van der Waals surface area contributed by atoms with Crippen molar-refractivity contribution < 1.29 is 23.8 Å². The minimum atomic E-state index is -1.41. The molecule has 1 aromatic rings. The summed E-state index contributed by atoms with van der Waals surface area (Å²) in [5.74, 6) is -2.89. The van der Waals surface area contributed by atoms with Crippen molar-refractivity contribution in [2.75, 3.05) is 18.2 Å². The standard InChI is InChI=1S/C11H13FN2O4/c1-5(11(17)18-2)14-9-4-7(12)6(10(15)16)3-8(9)13/h3-5,14H,13H2,1-2H3,(H,15,16). The Morgan fingerprint density at radius 2 is 2.11 bits per heavy atom. The number of hydrogen-bond acceptors (Lipinski definition) is 5. The number of ether oxygens (including phenoxy) is 1. The molecule has 1 atom stereocenters. The van der Waals surface area contributed by atoms with Gasteiger partial charge in [-0.2, -0.15) is 0 Å². The molecule has 1 aromatic carbocycles. The van der Waals surface area contributed by atoms with Gasteiger partial charge in [0.15, 0.2) is 0 Å². The van der Waals surface area contributed by atoms with E-state index in [1.807, 2.05) is 0 Å². The van der Waals surface area contributed by atoms with Crippen LogP contribution in [0.25, 0.3) is 0 Å². The first-order valence-electron chi connectivity index (χ1n) is 5.03. The van der Waals surface area contributed by atoms with E-state index < -0.39 is 29.4 Å². The van der Waals surface area contributed by atoms with Gasteiger partial charge in [-0.25, -0.2) is 14.0 Å². The van der Waals surface area contributed by atoms with Crippen LogP contribution in [0.2, 0.25) is 0 Å². The summed E-state index contributed by atoms with van der Waals surface area (Å²) in [4.78, 5) is 21.8. The fourth-order valence-electron chi connectivity index (χ4n) is 1.35. The number of methoxy groups -OCH3 is 1. The van der Waals surface area contributed by atoms with Crippen molar-refractivity contribution in [2.24, 2.45) is 0 Å². The summed E-state index contributed by atoms with van der Waals surface area (Å²) in [6.45, 7) is 1.51. The average Bonchev–Trinajstić information content (AvgIpc) is 2.31. The van der Waals surface area contributed by atoms with Crippen LogP contribution in [0, 0.1) is 5.82 Å². The molecule has 0 radical (unpaired) electrons. The topological polar surface area (TPSA) is 102 Å². The lowest BCUT2D eigenvalue weighted by molar-refractivity contribution is -0.141. The van der Waals surface area contributed by atoms with Gasteiger partial charge in [0, 0.05) is 0 Å². The Morgan fingerprint density at radius 3 is 2.61 bits per heavy atom. The summed E-state index contributed by atoms with van der Waals surface area (Å²) in [6.07, 6.45) is 0. The fourth-order valence-corrected chi connectivity index (χ4v) is 1.35. The predicted molar refractivity (Wildman–Crippen MR) is 62.9 cm³/mol. The Labute approximate surface area is 103 Å². The zero-order valence-corrected chi connectivity index (χ0v) is 9.86. The maximum absolute atomic E-state index is 13.4. The van der Waals surface area contributed by atoms with E-state index in [1.165, 1.54) is 14.0 Å². The lowest BCUT2D eigenvalue weighted by Gasteiger charge is -2.15. The second kappa shape index (κ2) is 5.35. The highest BCUT2D eigenvalue weighted by Gasteiger charge is 2.17. The molecule has 1 rings (SSSR count). The number of carbonyl (C=O) groups is 2. The van der Waals surface area contributed by atoms with E-state index >= 15 is 0 Å². The van der Waals surface area contributed by atoms with Crippen LogP contribution in [0.15, 0.2) is 12.1 Å². The maximum atomic E-state index is 13.4. The van der Waals surface area contributed by atoms with Gasteiger partial charge in [-0.1, -0.05) is 0 Å². The number of aromatic carboxylic acids is 1. The van der Waals surface area contributed by atoms with E-state index in [-0.39, 0.29) is 11.4 Å². The third-order valence-electron chi connectivity index (χ3n) is 2.30. The van der Waals surface area contributed by atoms with Gasteiger partial charge in [-0.05, 0) is 19.1 Å². The van der Waals surface area contributed by atoms with Crippen LogP contribution in [-0.4, -0.2) is 30.2 Å². The fraction of sp³-hybridized carbons (Fsp3) is 0.273. The molecule has 0 aliphatic heterocycles. The van der Waals surface area contributed by atoms with E-state index in [0.717, 1.165) is 12.1 Å². The number of carboxylic acid groups (broad SMARTS) is 1. The zero-order chi connectivity index (χ0) is 13.9. The molecule has 98 valence electrons. The maximum Gasteiger partial charge on any atom is 0.338 e. The highest BCUT2D eigenvalue weighted by atomic mass is 19.1. The summed E-state index contributed by atoms with van der Waals surface area (Å²) in [7, 11) is 1.22. The van der Waals surface area contributed by atoms with Crippen molar-refractivity contribution in [3.05, 3.63) is 23.5 Å². The van der Waals surface area contributed by atoms with Gasteiger partial charge < -0.3 is 20.9 Å². The summed E-state index contributed by atoms with van der Waals surface area (Å²) >= 11 is 0. The molecular weight excluding hydrogens is 243 g/mol. The van der Waals surface area contributed by atoms with Crippen LogP contribution >= 0.6 is 0 Å². The summed E-state index contributed by atoms with van der Waals surface area (Å²) in [5, 5.41) is 11.3. The Morgan fingerprint density at radius 1 is 1.50 bits per heavy atom. The zero-order valence-electron chi connectivity index (χ0n) is 9.86. The lowest BCUT2D eigenvalue weighted by Crippen LogP contribution is -2.27. The monoisotopic (exact) mass is 256 g/mol. The van der Waals surface area contributed by atoms with Crippen molar-refractivity contribution in [3.8, 4) is 0 Å². The number of rotatable bonds is 4. The number of nitrogens with one attached hydrogen (secondary N) is 1. The van der Waals surface area contributed by atoms with Crippen molar-refractivity contribution >= 4 is 23.3 Å². The van der Waals surface area contributed by atoms with Crippen LogP contribution in [0.5, 0.6) is 0 Å². The number of esters is 1. The first kappa shape index (κ1) is 13.8. The molecule has 0 aromatic heterocycles. The number of carbonyl (C=O) groups excluding carboxylic acids is 1. The van der Waals surface area contributed by atoms with Gasteiger partial charge in [-0.3, -0.25) is 0 Å². The first-order chi connectivity index (χ1) is 8.36. The number of halogens is 1. The van der Waals surface area contributed by atoms with Crippen LogP contribution < -0.4 is 11.1 Å². The second-order valence-corrected chi connectivity index (χ2v) is 3.61. The van der Waals surface area contributed by atoms with Gasteiger partial charge in [0.1, 0.15) is 11.9 Å². The minimum absolute atomic E-state index is 0.0320. The molecule has 6 nitrogen and oxygen atoms in total. The number of anilines is 2. The van der Waals surface area contributed by atoms with Crippen molar-refractivity contribution in [1.29, 1.82) is 0 Å². The Bertz CT molecular complexity index is 490. The SMILES string of the molecule is COC(=O)C(C)Nc1cc(F)c(C(=O)O)cc1N. The van der Waals surface area contributed by atoms with Crippen LogP contribution in [0.4, 0.5) is 15.8 Å². The third kappa shape index (κ3) is 2.88. The molecule has 0 aliphatic rings. The summed E-state index contributed by atoms with van der Waals surface area (Å²) in [5.41, 5.74) is 5.22. The minimum Gasteiger partial charge on any atom is -0.478 e. The number of benzene rings is 1. The molecule has 7 heteroatoms. The lowest BCUT2D eigenvalue weighted by atomic mass is 10.1.